The Kier molecular flexibility index (Phi) is 3.85. The molecule has 2 heterocycles. The van der Waals surface area contributed by atoms with E-state index in [1.807, 2.05) is 12.0 Å². The molecule has 0 aromatic heterocycles. The van der Waals surface area contributed by atoms with Gasteiger partial charge in [0.1, 0.15) is 5.66 Å². The lowest BCUT2D eigenvalue weighted by molar-refractivity contribution is -0.245. The highest BCUT2D eigenvalue weighted by Crippen LogP contribution is 2.42. The average molecular weight is 295 g/mol. The van der Waals surface area contributed by atoms with Gasteiger partial charge in [-0.1, -0.05) is 37.0 Å². The monoisotopic (exact) mass is 294 g/mol. The van der Waals surface area contributed by atoms with Crippen LogP contribution in [0.25, 0.3) is 0 Å². The molecule has 0 spiro atoms. The highest BCUT2D eigenvalue weighted by atomic mass is 35.5. The number of alkyl halides is 2. The molecule has 4 nitrogen and oxygen atoms in total. The minimum Gasteiger partial charge on any atom is -0.319 e. The van der Waals surface area contributed by atoms with E-state index < -0.39 is 10.5 Å². The lowest BCUT2D eigenvalue weighted by atomic mass is 9.82. The van der Waals surface area contributed by atoms with Gasteiger partial charge in [-0.3, -0.25) is 9.63 Å². The number of halogens is 2. The first kappa shape index (κ1) is 14.4. The van der Waals surface area contributed by atoms with Crippen LogP contribution in [0.15, 0.2) is 0 Å². The van der Waals surface area contributed by atoms with Gasteiger partial charge in [-0.2, -0.15) is 5.06 Å². The van der Waals surface area contributed by atoms with Crippen LogP contribution in [-0.4, -0.2) is 46.1 Å². The normalized spacial score (nSPS) is 37.1. The maximum Gasteiger partial charge on any atom is 0.257 e. The second-order valence-electron chi connectivity index (χ2n) is 5.73. The predicted octanol–water partition coefficient (Wildman–Crippen LogP) is 2.40. The topological polar surface area (TPSA) is 32.8 Å². The van der Waals surface area contributed by atoms with Crippen LogP contribution in [-0.2, 0) is 9.63 Å². The van der Waals surface area contributed by atoms with E-state index in [4.69, 9.17) is 28.0 Å². The number of carbonyl (C=O) groups excluding carboxylic acids is 1. The minimum absolute atomic E-state index is 0.0160. The highest BCUT2D eigenvalue weighted by Gasteiger charge is 2.53. The van der Waals surface area contributed by atoms with Crippen molar-refractivity contribution in [2.45, 2.75) is 44.1 Å². The zero-order chi connectivity index (χ0) is 13.6. The van der Waals surface area contributed by atoms with Crippen molar-refractivity contribution in [1.29, 1.82) is 0 Å². The van der Waals surface area contributed by atoms with Gasteiger partial charge in [0, 0.05) is 24.9 Å². The minimum atomic E-state index is -1.01. The molecule has 0 aromatic rings. The molecule has 0 N–H and O–H groups in total. The summed E-state index contributed by atoms with van der Waals surface area (Å²) in [6.45, 7) is 8.44. The second kappa shape index (κ2) is 4.82. The number of hydroxylamine groups is 2. The number of hydrogen-bond acceptors (Lipinski definition) is 3. The van der Waals surface area contributed by atoms with Crippen LogP contribution in [0.4, 0.5) is 0 Å². The number of rotatable bonds is 2. The van der Waals surface area contributed by atoms with E-state index in [2.05, 4.69) is 13.8 Å². The first-order valence-electron chi connectivity index (χ1n) is 6.33. The lowest BCUT2D eigenvalue weighted by Crippen LogP contribution is -2.67. The SMILES string of the molecule is CCC1(C)CN2OCCC2(C)N(C(=O)C(Cl)Cl)C1. The summed E-state index contributed by atoms with van der Waals surface area (Å²) in [6.07, 6.45) is 1.76. The Hall–Kier alpha value is -0.0300. The summed E-state index contributed by atoms with van der Waals surface area (Å²) in [5.41, 5.74) is -0.393. The van der Waals surface area contributed by atoms with Gasteiger partial charge in [-0.05, 0) is 13.3 Å². The molecule has 104 valence electrons. The third-order valence-electron chi connectivity index (χ3n) is 4.31. The Labute approximate surface area is 118 Å². The van der Waals surface area contributed by atoms with Crippen LogP contribution in [0.1, 0.15) is 33.6 Å². The van der Waals surface area contributed by atoms with Gasteiger partial charge >= 0.3 is 0 Å². The predicted molar refractivity (Wildman–Crippen MR) is 71.3 cm³/mol. The summed E-state index contributed by atoms with van der Waals surface area (Å²) in [7, 11) is 0. The molecule has 2 saturated heterocycles. The summed E-state index contributed by atoms with van der Waals surface area (Å²) in [5.74, 6) is -0.226. The number of nitrogens with zero attached hydrogens (tertiary/aromatic N) is 2. The number of fused-ring (bicyclic) bond motifs is 1. The van der Waals surface area contributed by atoms with Crippen molar-refractivity contribution in [3.8, 4) is 0 Å². The molecule has 0 aliphatic carbocycles. The van der Waals surface area contributed by atoms with E-state index in [0.29, 0.717) is 13.2 Å². The van der Waals surface area contributed by atoms with Gasteiger partial charge in [0.15, 0.2) is 4.84 Å². The summed E-state index contributed by atoms with van der Waals surface area (Å²) >= 11 is 11.5. The molecule has 0 aromatic carbocycles. The fourth-order valence-corrected chi connectivity index (χ4v) is 2.94. The third-order valence-corrected chi connectivity index (χ3v) is 4.69. The molecule has 2 fully saturated rings. The van der Waals surface area contributed by atoms with Crippen LogP contribution in [0.5, 0.6) is 0 Å². The van der Waals surface area contributed by atoms with Gasteiger partial charge in [-0.15, -0.1) is 0 Å². The lowest BCUT2D eigenvalue weighted by Gasteiger charge is -2.53. The largest absolute Gasteiger partial charge is 0.319 e. The summed E-state index contributed by atoms with van der Waals surface area (Å²) in [5, 5.41) is 1.92. The average Bonchev–Trinajstić information content (AvgIpc) is 2.69. The van der Waals surface area contributed by atoms with Gasteiger partial charge < -0.3 is 4.90 Å². The van der Waals surface area contributed by atoms with Crippen molar-refractivity contribution in [3.05, 3.63) is 0 Å². The Balaban J connectivity index is 2.31. The number of hydrogen-bond donors (Lipinski definition) is 0. The van der Waals surface area contributed by atoms with E-state index in [1.54, 1.807) is 4.90 Å². The zero-order valence-corrected chi connectivity index (χ0v) is 12.6. The molecule has 0 saturated carbocycles. The van der Waals surface area contributed by atoms with Gasteiger partial charge in [0.2, 0.25) is 0 Å². The number of carbonyl (C=O) groups is 1. The maximum atomic E-state index is 12.2. The van der Waals surface area contributed by atoms with Gasteiger partial charge in [0.25, 0.3) is 5.91 Å². The fraction of sp³-hybridized carbons (Fsp3) is 0.917. The molecule has 6 heteroatoms. The summed E-state index contributed by atoms with van der Waals surface area (Å²) < 4.78 is 0. The van der Waals surface area contributed by atoms with E-state index in [9.17, 15) is 4.79 Å². The highest BCUT2D eigenvalue weighted by molar-refractivity contribution is 6.53. The molecule has 2 aliphatic heterocycles. The van der Waals surface area contributed by atoms with Crippen LogP contribution >= 0.6 is 23.2 Å². The molecule has 2 aliphatic rings. The Morgan fingerprint density at radius 1 is 1.39 bits per heavy atom. The van der Waals surface area contributed by atoms with Crippen molar-refractivity contribution >= 4 is 29.1 Å². The first-order chi connectivity index (χ1) is 8.32. The molecule has 2 unspecified atom stereocenters. The molecule has 18 heavy (non-hydrogen) atoms. The van der Waals surface area contributed by atoms with Crippen molar-refractivity contribution in [3.63, 3.8) is 0 Å². The molecular weight excluding hydrogens is 275 g/mol. The molecule has 2 rings (SSSR count). The summed E-state index contributed by atoms with van der Waals surface area (Å²) in [6, 6.07) is 0. The van der Waals surface area contributed by atoms with Gasteiger partial charge in [-0.25, -0.2) is 0 Å². The maximum absolute atomic E-state index is 12.2. The zero-order valence-electron chi connectivity index (χ0n) is 11.1. The first-order valence-corrected chi connectivity index (χ1v) is 7.20. The molecular formula is C12H20Cl2N2O2. The van der Waals surface area contributed by atoms with Crippen molar-refractivity contribution in [2.75, 3.05) is 19.7 Å². The standard InChI is InChI=1S/C12H20Cl2N2O2/c1-4-11(2)7-15(10(17)9(13)14)12(3)5-6-18-16(12)8-11/h9H,4-8H2,1-3H3. The van der Waals surface area contributed by atoms with Crippen molar-refractivity contribution < 1.29 is 9.63 Å². The van der Waals surface area contributed by atoms with Crippen LogP contribution in [0.2, 0.25) is 0 Å². The number of amides is 1. The quantitative estimate of drug-likeness (QED) is 0.733. The molecule has 2 atom stereocenters. The molecule has 1 amide bonds. The fourth-order valence-electron chi connectivity index (χ4n) is 2.70. The third kappa shape index (κ3) is 2.24. The van der Waals surface area contributed by atoms with Crippen molar-refractivity contribution in [2.24, 2.45) is 5.41 Å². The second-order valence-corrected chi connectivity index (χ2v) is 6.82. The van der Waals surface area contributed by atoms with E-state index >= 15 is 0 Å². The Morgan fingerprint density at radius 2 is 2.06 bits per heavy atom. The van der Waals surface area contributed by atoms with Crippen LogP contribution in [0.3, 0.4) is 0 Å². The summed E-state index contributed by atoms with van der Waals surface area (Å²) in [4.78, 5) is 18.7. The smallest absolute Gasteiger partial charge is 0.257 e. The van der Waals surface area contributed by atoms with Gasteiger partial charge in [0.05, 0.1) is 6.61 Å². The Bertz CT molecular complexity index is 353. The van der Waals surface area contributed by atoms with E-state index in [0.717, 1.165) is 19.4 Å². The van der Waals surface area contributed by atoms with E-state index in [1.165, 1.54) is 0 Å². The Morgan fingerprint density at radius 3 is 2.61 bits per heavy atom. The van der Waals surface area contributed by atoms with E-state index in [-0.39, 0.29) is 11.3 Å². The van der Waals surface area contributed by atoms with Crippen LogP contribution in [0, 0.1) is 5.41 Å². The molecule has 0 bridgehead atoms. The van der Waals surface area contributed by atoms with Crippen molar-refractivity contribution in [1.82, 2.24) is 9.96 Å². The van der Waals surface area contributed by atoms with Crippen LogP contribution < -0.4 is 0 Å². The molecule has 0 radical (unpaired) electrons.